The second kappa shape index (κ2) is 7.08. The maximum atomic E-state index is 12.4. The van der Waals surface area contributed by atoms with Crippen molar-refractivity contribution in [3.8, 4) is 0 Å². The van der Waals surface area contributed by atoms with Crippen molar-refractivity contribution < 1.29 is 10.0 Å². The summed E-state index contributed by atoms with van der Waals surface area (Å²) in [6.07, 6.45) is 1.05. The van der Waals surface area contributed by atoms with Crippen LogP contribution in [0.15, 0.2) is 32.3 Å². The number of hydrogen-bond acceptors (Lipinski definition) is 3. The van der Waals surface area contributed by atoms with Gasteiger partial charge in [0, 0.05) is 8.95 Å². The highest BCUT2D eigenvalue weighted by atomic mass is 79.9. The molecule has 0 atom stereocenters. The van der Waals surface area contributed by atoms with Gasteiger partial charge in [-0.2, -0.15) is 0 Å². The van der Waals surface area contributed by atoms with E-state index in [2.05, 4.69) is 42.3 Å². The summed E-state index contributed by atoms with van der Waals surface area (Å²) in [5, 5.41) is 14.8. The number of amidine groups is 1. The van der Waals surface area contributed by atoms with Crippen LogP contribution in [0.4, 0.5) is 0 Å². The van der Waals surface area contributed by atoms with E-state index in [4.69, 9.17) is 10.9 Å². The Morgan fingerprint density at radius 3 is 2.45 bits per heavy atom. The summed E-state index contributed by atoms with van der Waals surface area (Å²) in [5.74, 6) is -0.274. The lowest BCUT2D eigenvalue weighted by molar-refractivity contribution is 0.0917. The summed E-state index contributed by atoms with van der Waals surface area (Å²) in [7, 11) is 0. The van der Waals surface area contributed by atoms with E-state index in [0.29, 0.717) is 22.9 Å². The molecule has 0 aliphatic heterocycles. The summed E-state index contributed by atoms with van der Waals surface area (Å²) in [5.41, 5.74) is 5.37. The fourth-order valence-electron chi connectivity index (χ4n) is 1.91. The number of carbonyl (C=O) groups is 1. The lowest BCUT2D eigenvalue weighted by Gasteiger charge is -2.31. The molecule has 1 amide bonds. The minimum Gasteiger partial charge on any atom is -0.409 e. The van der Waals surface area contributed by atoms with E-state index < -0.39 is 5.54 Å². The van der Waals surface area contributed by atoms with Gasteiger partial charge in [-0.1, -0.05) is 34.9 Å². The molecule has 7 heteroatoms. The molecule has 0 spiro atoms. The first-order chi connectivity index (χ1) is 9.40. The second-order valence-electron chi connectivity index (χ2n) is 4.35. The Balaban J connectivity index is 3.09. The minimum absolute atomic E-state index is 0.00378. The fraction of sp³-hybridized carbons (Fsp3) is 0.385. The second-order valence-corrected chi connectivity index (χ2v) is 6.12. The van der Waals surface area contributed by atoms with Gasteiger partial charge >= 0.3 is 0 Å². The van der Waals surface area contributed by atoms with Crippen molar-refractivity contribution in [2.24, 2.45) is 10.9 Å². The van der Waals surface area contributed by atoms with Crippen LogP contribution in [0.5, 0.6) is 0 Å². The van der Waals surface area contributed by atoms with Crippen LogP contribution in [0, 0.1) is 0 Å². The number of hydrogen-bond donors (Lipinski definition) is 3. The van der Waals surface area contributed by atoms with Gasteiger partial charge in [0.2, 0.25) is 0 Å². The predicted octanol–water partition coefficient (Wildman–Crippen LogP) is 3.25. The van der Waals surface area contributed by atoms with E-state index in [-0.39, 0.29) is 11.7 Å². The molecular weight excluding hydrogens is 390 g/mol. The fourth-order valence-corrected chi connectivity index (χ4v) is 3.13. The molecule has 0 saturated carbocycles. The number of oxime groups is 1. The number of nitrogens with two attached hydrogens (primary N) is 1. The highest BCUT2D eigenvalue weighted by Gasteiger charge is 2.33. The minimum atomic E-state index is -0.849. The van der Waals surface area contributed by atoms with Crippen LogP contribution < -0.4 is 11.1 Å². The lowest BCUT2D eigenvalue weighted by atomic mass is 9.91. The molecule has 1 rings (SSSR count). The Bertz CT molecular complexity index is 528. The molecule has 0 aliphatic carbocycles. The number of rotatable bonds is 5. The molecule has 1 aromatic rings. The Morgan fingerprint density at radius 1 is 1.40 bits per heavy atom. The van der Waals surface area contributed by atoms with E-state index in [1.54, 1.807) is 18.2 Å². The molecule has 0 fully saturated rings. The summed E-state index contributed by atoms with van der Waals surface area (Å²) in [6, 6.07) is 5.27. The molecule has 20 heavy (non-hydrogen) atoms. The predicted molar refractivity (Wildman–Crippen MR) is 86.0 cm³/mol. The molecule has 0 aliphatic rings. The quantitative estimate of drug-likeness (QED) is 0.303. The summed E-state index contributed by atoms with van der Waals surface area (Å²) < 4.78 is 1.54. The zero-order chi connectivity index (χ0) is 15.3. The molecule has 0 bridgehead atoms. The molecule has 0 aromatic heterocycles. The Morgan fingerprint density at radius 2 is 2.00 bits per heavy atom. The van der Waals surface area contributed by atoms with Crippen LogP contribution in [0.1, 0.15) is 37.0 Å². The maximum absolute atomic E-state index is 12.4. The highest BCUT2D eigenvalue weighted by molar-refractivity contribution is 9.11. The van der Waals surface area contributed by atoms with Gasteiger partial charge in [-0.25, -0.2) is 0 Å². The van der Waals surface area contributed by atoms with E-state index in [1.807, 2.05) is 13.8 Å². The van der Waals surface area contributed by atoms with Crippen LogP contribution in [-0.2, 0) is 0 Å². The first-order valence-corrected chi connectivity index (χ1v) is 7.74. The monoisotopic (exact) mass is 405 g/mol. The smallest absolute Gasteiger partial charge is 0.253 e. The van der Waals surface area contributed by atoms with Crippen molar-refractivity contribution in [3.05, 3.63) is 32.7 Å². The standard InChI is InChI=1S/C13H17Br2N3O2/c1-3-13(4-2,12(16)18-20)17-11(19)9-6-5-8(14)7-10(9)15/h5-7,20H,3-4H2,1-2H3,(H2,16,18)(H,17,19). The molecular formula is C13H17Br2N3O2. The van der Waals surface area contributed by atoms with Crippen molar-refractivity contribution in [2.75, 3.05) is 0 Å². The normalized spacial score (nSPS) is 12.3. The van der Waals surface area contributed by atoms with Gasteiger partial charge in [0.05, 0.1) is 5.56 Å². The Labute approximate surface area is 134 Å². The molecule has 110 valence electrons. The number of nitrogens with zero attached hydrogens (tertiary/aromatic N) is 1. The van der Waals surface area contributed by atoms with Crippen LogP contribution in [0.3, 0.4) is 0 Å². The molecule has 4 N–H and O–H groups in total. The van der Waals surface area contributed by atoms with E-state index in [9.17, 15) is 4.79 Å². The SMILES string of the molecule is CCC(CC)(NC(=O)c1ccc(Br)cc1Br)/C(N)=N/O. The summed E-state index contributed by atoms with van der Waals surface area (Å²) in [6.45, 7) is 3.75. The molecule has 0 unspecified atom stereocenters. The van der Waals surface area contributed by atoms with Crippen molar-refractivity contribution in [1.82, 2.24) is 5.32 Å². The zero-order valence-electron chi connectivity index (χ0n) is 11.3. The van der Waals surface area contributed by atoms with Crippen molar-refractivity contribution in [2.45, 2.75) is 32.2 Å². The first-order valence-electron chi connectivity index (χ1n) is 6.15. The summed E-state index contributed by atoms with van der Waals surface area (Å²) in [4.78, 5) is 12.4. The Hall–Kier alpha value is -1.08. The average molecular weight is 407 g/mol. The zero-order valence-corrected chi connectivity index (χ0v) is 14.5. The number of amides is 1. The molecule has 1 aromatic carbocycles. The Kier molecular flexibility index (Phi) is 6.01. The van der Waals surface area contributed by atoms with Crippen LogP contribution in [-0.4, -0.2) is 22.5 Å². The maximum Gasteiger partial charge on any atom is 0.253 e. The molecule has 5 nitrogen and oxygen atoms in total. The third-order valence-electron chi connectivity index (χ3n) is 3.33. The van der Waals surface area contributed by atoms with Gasteiger partial charge in [0.1, 0.15) is 5.54 Å². The third-order valence-corrected chi connectivity index (χ3v) is 4.48. The van der Waals surface area contributed by atoms with E-state index in [0.717, 1.165) is 4.47 Å². The first kappa shape index (κ1) is 17.0. The van der Waals surface area contributed by atoms with Crippen LogP contribution in [0.25, 0.3) is 0 Å². The van der Waals surface area contributed by atoms with Crippen molar-refractivity contribution in [1.29, 1.82) is 0 Å². The number of nitrogens with one attached hydrogen (secondary N) is 1. The molecule has 0 saturated heterocycles. The van der Waals surface area contributed by atoms with Gasteiger partial charge < -0.3 is 16.3 Å². The van der Waals surface area contributed by atoms with Gasteiger partial charge in [0.25, 0.3) is 5.91 Å². The lowest BCUT2D eigenvalue weighted by Crippen LogP contribution is -2.56. The van der Waals surface area contributed by atoms with Crippen molar-refractivity contribution in [3.63, 3.8) is 0 Å². The van der Waals surface area contributed by atoms with E-state index in [1.165, 1.54) is 0 Å². The molecule has 0 radical (unpaired) electrons. The van der Waals surface area contributed by atoms with Crippen LogP contribution in [0.2, 0.25) is 0 Å². The molecule has 0 heterocycles. The highest BCUT2D eigenvalue weighted by Crippen LogP contribution is 2.23. The van der Waals surface area contributed by atoms with E-state index >= 15 is 0 Å². The van der Waals surface area contributed by atoms with Gasteiger partial charge in [-0.3, -0.25) is 4.79 Å². The summed E-state index contributed by atoms with van der Waals surface area (Å²) >= 11 is 6.69. The largest absolute Gasteiger partial charge is 0.409 e. The number of halogens is 2. The van der Waals surface area contributed by atoms with Crippen LogP contribution >= 0.6 is 31.9 Å². The van der Waals surface area contributed by atoms with Gasteiger partial charge in [-0.05, 0) is 47.0 Å². The number of carbonyl (C=O) groups excluding carboxylic acids is 1. The average Bonchev–Trinajstić information content (AvgIpc) is 2.43. The van der Waals surface area contributed by atoms with Gasteiger partial charge in [0.15, 0.2) is 5.84 Å². The van der Waals surface area contributed by atoms with Crippen molar-refractivity contribution >= 4 is 43.6 Å². The number of benzene rings is 1. The van der Waals surface area contributed by atoms with Gasteiger partial charge in [-0.15, -0.1) is 0 Å². The topological polar surface area (TPSA) is 87.7 Å². The third kappa shape index (κ3) is 3.52.